The molecule has 4 unspecified atom stereocenters. The average Bonchev–Trinajstić information content (AvgIpc) is 2.77. The first kappa shape index (κ1) is 10.9. The summed E-state index contributed by atoms with van der Waals surface area (Å²) in [6.07, 6.45) is 3.10. The molecule has 2 aliphatic rings. The molecule has 3 N–H and O–H groups in total. The molecule has 86 valence electrons. The number of fused-ring (bicyclic) bond motifs is 2. The van der Waals surface area contributed by atoms with Gasteiger partial charge in [-0.25, -0.2) is 0 Å². The molecule has 0 saturated heterocycles. The quantitative estimate of drug-likeness (QED) is 0.641. The van der Waals surface area contributed by atoms with Gasteiger partial charge in [-0.2, -0.15) is 0 Å². The predicted octanol–water partition coefficient (Wildman–Crippen LogP) is 0.621. The van der Waals surface area contributed by atoms with Gasteiger partial charge in [0.15, 0.2) is 0 Å². The van der Waals surface area contributed by atoms with Crippen molar-refractivity contribution in [3.05, 3.63) is 0 Å². The Labute approximate surface area is 88.9 Å². The van der Waals surface area contributed by atoms with Gasteiger partial charge >= 0.3 is 5.97 Å². The Morgan fingerprint density at radius 2 is 2.20 bits per heavy atom. The lowest BCUT2D eigenvalue weighted by molar-refractivity contribution is -0.155. The first-order valence-corrected chi connectivity index (χ1v) is 5.61. The Morgan fingerprint density at radius 3 is 2.60 bits per heavy atom. The van der Waals surface area contributed by atoms with E-state index in [-0.39, 0.29) is 18.9 Å². The summed E-state index contributed by atoms with van der Waals surface area (Å²) in [4.78, 5) is 11.4. The summed E-state index contributed by atoms with van der Waals surface area (Å²) in [5, 5.41) is 27.6. The highest BCUT2D eigenvalue weighted by molar-refractivity contribution is 5.76. The third-order valence-corrected chi connectivity index (χ3v) is 4.21. The number of hydrogen-bond donors (Lipinski definition) is 3. The second-order valence-corrected chi connectivity index (χ2v) is 5.08. The second kappa shape index (κ2) is 3.76. The van der Waals surface area contributed by atoms with E-state index in [0.29, 0.717) is 12.3 Å². The molecular formula is C11H18O4. The first-order chi connectivity index (χ1) is 7.08. The van der Waals surface area contributed by atoms with E-state index in [9.17, 15) is 15.0 Å². The summed E-state index contributed by atoms with van der Waals surface area (Å²) in [7, 11) is 0. The van der Waals surface area contributed by atoms with Gasteiger partial charge < -0.3 is 15.3 Å². The Morgan fingerprint density at radius 1 is 1.47 bits per heavy atom. The summed E-state index contributed by atoms with van der Waals surface area (Å²) < 4.78 is 0. The SMILES string of the molecule is O=C(O)C1(CC(O)CO)CC2CCC1C2. The zero-order valence-electron chi connectivity index (χ0n) is 8.72. The van der Waals surface area contributed by atoms with Gasteiger partial charge in [0.2, 0.25) is 0 Å². The van der Waals surface area contributed by atoms with Crippen LogP contribution in [0.5, 0.6) is 0 Å². The van der Waals surface area contributed by atoms with Crippen LogP contribution in [0, 0.1) is 17.3 Å². The molecule has 0 aromatic carbocycles. The van der Waals surface area contributed by atoms with E-state index in [1.807, 2.05) is 0 Å². The van der Waals surface area contributed by atoms with Gasteiger partial charge in [0, 0.05) is 0 Å². The highest BCUT2D eigenvalue weighted by atomic mass is 16.4. The van der Waals surface area contributed by atoms with Crippen LogP contribution in [0.4, 0.5) is 0 Å². The predicted molar refractivity (Wildman–Crippen MR) is 53.2 cm³/mol. The molecule has 2 rings (SSSR count). The van der Waals surface area contributed by atoms with Crippen LogP contribution in [-0.4, -0.2) is 34.0 Å². The number of aliphatic carboxylic acids is 1. The monoisotopic (exact) mass is 214 g/mol. The van der Waals surface area contributed by atoms with Gasteiger partial charge in [-0.3, -0.25) is 4.79 Å². The zero-order chi connectivity index (χ0) is 11.1. The maximum atomic E-state index is 11.4. The maximum Gasteiger partial charge on any atom is 0.310 e. The van der Waals surface area contributed by atoms with Crippen molar-refractivity contribution in [2.75, 3.05) is 6.61 Å². The van der Waals surface area contributed by atoms with E-state index >= 15 is 0 Å². The Balaban J connectivity index is 2.15. The van der Waals surface area contributed by atoms with E-state index in [4.69, 9.17) is 5.11 Å². The van der Waals surface area contributed by atoms with Gasteiger partial charge in [0.05, 0.1) is 18.1 Å². The fourth-order valence-electron chi connectivity index (χ4n) is 3.53. The lowest BCUT2D eigenvalue weighted by Crippen LogP contribution is -2.40. The molecular weight excluding hydrogens is 196 g/mol. The molecule has 0 spiro atoms. The van der Waals surface area contributed by atoms with Crippen molar-refractivity contribution in [3.63, 3.8) is 0 Å². The minimum atomic E-state index is -0.888. The third kappa shape index (κ3) is 1.66. The molecule has 4 nitrogen and oxygen atoms in total. The van der Waals surface area contributed by atoms with Crippen molar-refractivity contribution in [1.82, 2.24) is 0 Å². The van der Waals surface area contributed by atoms with Crippen LogP contribution in [0.1, 0.15) is 32.1 Å². The van der Waals surface area contributed by atoms with Crippen molar-refractivity contribution in [3.8, 4) is 0 Å². The maximum absolute atomic E-state index is 11.4. The molecule has 0 heterocycles. The molecule has 2 fully saturated rings. The summed E-state index contributed by atoms with van der Waals surface area (Å²) >= 11 is 0. The molecule has 2 aliphatic carbocycles. The number of carboxylic acid groups (broad SMARTS) is 1. The number of carbonyl (C=O) groups is 1. The molecule has 4 heteroatoms. The van der Waals surface area contributed by atoms with E-state index in [1.165, 1.54) is 0 Å². The lowest BCUT2D eigenvalue weighted by atomic mass is 9.69. The second-order valence-electron chi connectivity index (χ2n) is 5.08. The van der Waals surface area contributed by atoms with Crippen molar-refractivity contribution in [1.29, 1.82) is 0 Å². The molecule has 4 atom stereocenters. The zero-order valence-corrected chi connectivity index (χ0v) is 8.72. The number of aliphatic hydroxyl groups excluding tert-OH is 2. The van der Waals surface area contributed by atoms with Gasteiger partial charge in [-0.05, 0) is 37.5 Å². The lowest BCUT2D eigenvalue weighted by Gasteiger charge is -2.34. The third-order valence-electron chi connectivity index (χ3n) is 4.21. The van der Waals surface area contributed by atoms with Crippen molar-refractivity contribution >= 4 is 5.97 Å². The van der Waals surface area contributed by atoms with Crippen LogP contribution in [-0.2, 0) is 4.79 Å². The van der Waals surface area contributed by atoms with Crippen molar-refractivity contribution < 1.29 is 20.1 Å². The average molecular weight is 214 g/mol. The fraction of sp³-hybridized carbons (Fsp3) is 0.909. The van der Waals surface area contributed by atoms with Crippen LogP contribution in [0.3, 0.4) is 0 Å². The van der Waals surface area contributed by atoms with Crippen LogP contribution in [0.25, 0.3) is 0 Å². The van der Waals surface area contributed by atoms with Gasteiger partial charge in [-0.1, -0.05) is 6.42 Å². The fourth-order valence-corrected chi connectivity index (χ4v) is 3.53. The van der Waals surface area contributed by atoms with Crippen molar-refractivity contribution in [2.24, 2.45) is 17.3 Å². The van der Waals surface area contributed by atoms with E-state index in [2.05, 4.69) is 0 Å². The number of hydrogen-bond acceptors (Lipinski definition) is 3. The smallest absolute Gasteiger partial charge is 0.310 e. The molecule has 0 aliphatic heterocycles. The number of aliphatic hydroxyl groups is 2. The van der Waals surface area contributed by atoms with Crippen LogP contribution in [0.15, 0.2) is 0 Å². The number of rotatable bonds is 4. The summed E-state index contributed by atoms with van der Waals surface area (Å²) in [6.45, 7) is -0.341. The number of carboxylic acids is 1. The van der Waals surface area contributed by atoms with Crippen LogP contribution < -0.4 is 0 Å². The summed E-state index contributed by atoms with van der Waals surface area (Å²) in [5.41, 5.74) is -0.759. The molecule has 2 saturated carbocycles. The van der Waals surface area contributed by atoms with Gasteiger partial charge in [0.25, 0.3) is 0 Å². The molecule has 0 amide bonds. The van der Waals surface area contributed by atoms with Crippen LogP contribution >= 0.6 is 0 Å². The van der Waals surface area contributed by atoms with E-state index in [1.54, 1.807) is 0 Å². The molecule has 2 bridgehead atoms. The van der Waals surface area contributed by atoms with E-state index < -0.39 is 17.5 Å². The molecule has 0 aromatic heterocycles. The highest BCUT2D eigenvalue weighted by Gasteiger charge is 2.56. The van der Waals surface area contributed by atoms with E-state index in [0.717, 1.165) is 19.3 Å². The topological polar surface area (TPSA) is 77.8 Å². The normalized spacial score (nSPS) is 40.7. The minimum Gasteiger partial charge on any atom is -0.481 e. The summed E-state index contributed by atoms with van der Waals surface area (Å²) in [5.74, 6) is -0.0552. The minimum absolute atomic E-state index is 0.208. The highest BCUT2D eigenvalue weighted by Crippen LogP contribution is 2.58. The van der Waals surface area contributed by atoms with Crippen LogP contribution in [0.2, 0.25) is 0 Å². The standard InChI is InChI=1S/C11H18O4/c12-6-9(13)5-11(10(14)15)4-7-1-2-8(11)3-7/h7-9,12-13H,1-6H2,(H,14,15). The Hall–Kier alpha value is -0.610. The van der Waals surface area contributed by atoms with Gasteiger partial charge in [-0.15, -0.1) is 0 Å². The molecule has 0 aromatic rings. The van der Waals surface area contributed by atoms with Crippen molar-refractivity contribution in [2.45, 2.75) is 38.2 Å². The largest absolute Gasteiger partial charge is 0.481 e. The van der Waals surface area contributed by atoms with Gasteiger partial charge in [0.1, 0.15) is 0 Å². The molecule has 15 heavy (non-hydrogen) atoms. The molecule has 0 radical (unpaired) electrons. The Kier molecular flexibility index (Phi) is 2.73. The Bertz CT molecular complexity index is 265. The summed E-state index contributed by atoms with van der Waals surface area (Å²) in [6, 6.07) is 0. The first-order valence-electron chi connectivity index (χ1n) is 5.61.